The minimum absolute atomic E-state index is 0.222. The molecule has 1 aromatic rings. The molecule has 2 aliphatic rings. The van der Waals surface area contributed by atoms with Gasteiger partial charge in [-0.05, 0) is 69.6 Å². The third-order valence-corrected chi connectivity index (χ3v) is 5.00. The van der Waals surface area contributed by atoms with E-state index in [4.69, 9.17) is 4.74 Å². The highest BCUT2D eigenvalue weighted by Crippen LogP contribution is 2.39. The molecule has 0 bridgehead atoms. The zero-order chi connectivity index (χ0) is 13.8. The van der Waals surface area contributed by atoms with Gasteiger partial charge in [0.05, 0.1) is 7.11 Å². The number of benzene rings is 1. The highest BCUT2D eigenvalue weighted by atomic mass is 16.5. The summed E-state index contributed by atoms with van der Waals surface area (Å²) >= 11 is 0. The van der Waals surface area contributed by atoms with Crippen molar-refractivity contribution >= 4 is 0 Å². The monoisotopic (exact) mass is 274 g/mol. The van der Waals surface area contributed by atoms with Gasteiger partial charge in [-0.2, -0.15) is 0 Å². The topological polar surface area (TPSA) is 24.5 Å². The van der Waals surface area contributed by atoms with Crippen molar-refractivity contribution in [3.05, 3.63) is 29.8 Å². The summed E-state index contributed by atoms with van der Waals surface area (Å²) in [6.45, 7) is 4.73. The van der Waals surface area contributed by atoms with Crippen LogP contribution in [-0.2, 0) is 5.54 Å². The van der Waals surface area contributed by atoms with E-state index >= 15 is 0 Å². The molecule has 20 heavy (non-hydrogen) atoms. The lowest BCUT2D eigenvalue weighted by molar-refractivity contribution is 0.0358. The van der Waals surface area contributed by atoms with Crippen LogP contribution < -0.4 is 10.1 Å². The maximum Gasteiger partial charge on any atom is 0.119 e. The van der Waals surface area contributed by atoms with Gasteiger partial charge in [0.25, 0.3) is 0 Å². The van der Waals surface area contributed by atoms with Gasteiger partial charge in [0.1, 0.15) is 5.75 Å². The van der Waals surface area contributed by atoms with Crippen molar-refractivity contribution in [2.24, 2.45) is 0 Å². The van der Waals surface area contributed by atoms with Crippen LogP contribution in [0.3, 0.4) is 0 Å². The van der Waals surface area contributed by atoms with E-state index in [1.54, 1.807) is 7.11 Å². The molecule has 0 spiro atoms. The first-order valence-corrected chi connectivity index (χ1v) is 7.95. The molecule has 1 aromatic carbocycles. The minimum atomic E-state index is 0.222. The van der Waals surface area contributed by atoms with Gasteiger partial charge in [0.15, 0.2) is 0 Å². The Morgan fingerprint density at radius 1 is 1.10 bits per heavy atom. The van der Waals surface area contributed by atoms with Gasteiger partial charge >= 0.3 is 0 Å². The normalized spacial score (nSPS) is 23.4. The molecule has 3 nitrogen and oxygen atoms in total. The minimum Gasteiger partial charge on any atom is -0.497 e. The standard InChI is InChI=1S/C17H26N2O/c1-20-16-7-5-6-15(14-16)17(8-10-18-11-9-17)19-12-3-2-4-13-19/h5-7,14,18H,2-4,8-13H2,1H3. The van der Waals surface area contributed by atoms with Gasteiger partial charge in [-0.1, -0.05) is 18.6 Å². The summed E-state index contributed by atoms with van der Waals surface area (Å²) in [5.74, 6) is 0.984. The second-order valence-corrected chi connectivity index (χ2v) is 6.06. The fourth-order valence-corrected chi connectivity index (χ4v) is 3.86. The van der Waals surface area contributed by atoms with Crippen molar-refractivity contribution in [2.45, 2.75) is 37.6 Å². The van der Waals surface area contributed by atoms with Crippen molar-refractivity contribution in [1.29, 1.82) is 0 Å². The van der Waals surface area contributed by atoms with Crippen LogP contribution in [0.4, 0.5) is 0 Å². The molecule has 2 saturated heterocycles. The van der Waals surface area contributed by atoms with Crippen LogP contribution in [0.15, 0.2) is 24.3 Å². The van der Waals surface area contributed by atoms with E-state index in [2.05, 4.69) is 34.5 Å². The van der Waals surface area contributed by atoms with E-state index < -0.39 is 0 Å². The average molecular weight is 274 g/mol. The van der Waals surface area contributed by atoms with E-state index in [1.807, 2.05) is 0 Å². The Kier molecular flexibility index (Phi) is 4.27. The molecular formula is C17H26N2O. The van der Waals surface area contributed by atoms with Crippen molar-refractivity contribution in [3.8, 4) is 5.75 Å². The Morgan fingerprint density at radius 2 is 1.85 bits per heavy atom. The Morgan fingerprint density at radius 3 is 2.55 bits per heavy atom. The highest BCUT2D eigenvalue weighted by molar-refractivity contribution is 5.34. The van der Waals surface area contributed by atoms with E-state index in [0.717, 1.165) is 18.8 Å². The lowest BCUT2D eigenvalue weighted by Crippen LogP contribution is -2.53. The van der Waals surface area contributed by atoms with Crippen molar-refractivity contribution < 1.29 is 4.74 Å². The maximum atomic E-state index is 5.44. The van der Waals surface area contributed by atoms with Gasteiger partial charge in [-0.25, -0.2) is 0 Å². The molecule has 3 heteroatoms. The third kappa shape index (κ3) is 2.57. The summed E-state index contributed by atoms with van der Waals surface area (Å²) < 4.78 is 5.44. The molecule has 2 heterocycles. The van der Waals surface area contributed by atoms with E-state index in [0.29, 0.717) is 0 Å². The number of nitrogens with one attached hydrogen (secondary N) is 1. The summed E-state index contributed by atoms with van der Waals surface area (Å²) in [6.07, 6.45) is 6.50. The second-order valence-electron chi connectivity index (χ2n) is 6.06. The van der Waals surface area contributed by atoms with Crippen molar-refractivity contribution in [2.75, 3.05) is 33.3 Å². The quantitative estimate of drug-likeness (QED) is 0.917. The van der Waals surface area contributed by atoms with Gasteiger partial charge < -0.3 is 10.1 Å². The number of piperidine rings is 2. The molecule has 0 saturated carbocycles. The van der Waals surface area contributed by atoms with Gasteiger partial charge in [-0.15, -0.1) is 0 Å². The molecule has 110 valence electrons. The number of likely N-dealkylation sites (tertiary alicyclic amines) is 1. The Hall–Kier alpha value is -1.06. The third-order valence-electron chi connectivity index (χ3n) is 5.00. The van der Waals surface area contributed by atoms with Crippen molar-refractivity contribution in [1.82, 2.24) is 10.2 Å². The molecule has 2 fully saturated rings. The summed E-state index contributed by atoms with van der Waals surface area (Å²) in [6, 6.07) is 8.73. The van der Waals surface area contributed by atoms with Gasteiger partial charge in [0, 0.05) is 5.54 Å². The lowest BCUT2D eigenvalue weighted by Gasteiger charge is -2.49. The molecule has 3 rings (SSSR count). The van der Waals surface area contributed by atoms with Crippen LogP contribution in [0.5, 0.6) is 5.75 Å². The van der Waals surface area contributed by atoms with Crippen molar-refractivity contribution in [3.63, 3.8) is 0 Å². The van der Waals surface area contributed by atoms with Gasteiger partial charge in [0.2, 0.25) is 0 Å². The van der Waals surface area contributed by atoms with E-state index in [1.165, 1.54) is 50.8 Å². The first-order chi connectivity index (χ1) is 9.85. The molecule has 0 radical (unpaired) electrons. The Balaban J connectivity index is 1.95. The number of hydrogen-bond donors (Lipinski definition) is 1. The number of ether oxygens (including phenoxy) is 1. The molecule has 2 aliphatic heterocycles. The lowest BCUT2D eigenvalue weighted by atomic mass is 9.78. The van der Waals surface area contributed by atoms with Crippen LogP contribution in [0.1, 0.15) is 37.7 Å². The zero-order valence-corrected chi connectivity index (χ0v) is 12.5. The fourth-order valence-electron chi connectivity index (χ4n) is 3.86. The van der Waals surface area contributed by atoms with E-state index in [-0.39, 0.29) is 5.54 Å². The van der Waals surface area contributed by atoms with Crippen LogP contribution >= 0.6 is 0 Å². The smallest absolute Gasteiger partial charge is 0.119 e. The second kappa shape index (κ2) is 6.15. The first-order valence-electron chi connectivity index (χ1n) is 7.95. The Bertz CT molecular complexity index is 434. The average Bonchev–Trinajstić information content (AvgIpc) is 2.56. The van der Waals surface area contributed by atoms with Crippen LogP contribution in [0.25, 0.3) is 0 Å². The van der Waals surface area contributed by atoms with Crippen LogP contribution in [0.2, 0.25) is 0 Å². The first kappa shape index (κ1) is 13.9. The molecular weight excluding hydrogens is 248 g/mol. The maximum absolute atomic E-state index is 5.44. The van der Waals surface area contributed by atoms with E-state index in [9.17, 15) is 0 Å². The molecule has 1 N–H and O–H groups in total. The zero-order valence-electron chi connectivity index (χ0n) is 12.5. The number of hydrogen-bond acceptors (Lipinski definition) is 3. The summed E-state index contributed by atoms with van der Waals surface area (Å²) in [7, 11) is 1.76. The highest BCUT2D eigenvalue weighted by Gasteiger charge is 2.39. The van der Waals surface area contributed by atoms with Crippen LogP contribution in [-0.4, -0.2) is 38.2 Å². The number of rotatable bonds is 3. The predicted molar refractivity (Wildman–Crippen MR) is 82.2 cm³/mol. The molecule has 0 aliphatic carbocycles. The number of methoxy groups -OCH3 is 1. The fraction of sp³-hybridized carbons (Fsp3) is 0.647. The summed E-state index contributed by atoms with van der Waals surface area (Å²) in [5.41, 5.74) is 1.67. The predicted octanol–water partition coefficient (Wildman–Crippen LogP) is 2.76. The SMILES string of the molecule is COc1cccc(C2(N3CCCCC3)CCNCC2)c1. The molecule has 0 atom stereocenters. The number of nitrogens with zero attached hydrogens (tertiary/aromatic N) is 1. The van der Waals surface area contributed by atoms with Crippen LogP contribution in [0, 0.1) is 0 Å². The molecule has 0 amide bonds. The molecule has 0 unspecified atom stereocenters. The van der Waals surface area contributed by atoms with Gasteiger partial charge in [-0.3, -0.25) is 4.90 Å². The molecule has 0 aromatic heterocycles. The summed E-state index contributed by atoms with van der Waals surface area (Å²) in [5, 5.41) is 3.52. The largest absolute Gasteiger partial charge is 0.497 e. The summed E-state index contributed by atoms with van der Waals surface area (Å²) in [4.78, 5) is 2.74. The Labute approximate surface area is 122 Å².